The highest BCUT2D eigenvalue weighted by molar-refractivity contribution is 7.92. The number of hydrogen-bond acceptors (Lipinski definition) is 3. The van der Waals surface area contributed by atoms with E-state index >= 15 is 0 Å². The lowest BCUT2D eigenvalue weighted by molar-refractivity contribution is 0.0723. The Labute approximate surface area is 125 Å². The molecule has 0 aliphatic carbocycles. The predicted molar refractivity (Wildman–Crippen MR) is 81.9 cm³/mol. The lowest BCUT2D eigenvalue weighted by atomic mass is 10.0. The number of ether oxygens (including phenoxy) is 1. The maximum absolute atomic E-state index is 12.4. The lowest BCUT2D eigenvalue weighted by Gasteiger charge is -2.26. The van der Waals surface area contributed by atoms with Crippen LogP contribution in [0.1, 0.15) is 18.4 Å². The zero-order chi connectivity index (χ0) is 14.8. The van der Waals surface area contributed by atoms with Crippen LogP contribution in [-0.4, -0.2) is 34.4 Å². The Balaban J connectivity index is 2.13. The summed E-state index contributed by atoms with van der Waals surface area (Å²) in [5.41, 5.74) is 1.54. The molecule has 0 aromatic heterocycles. The van der Waals surface area contributed by atoms with Gasteiger partial charge in [0, 0.05) is 25.3 Å². The fourth-order valence-electron chi connectivity index (χ4n) is 2.26. The average molecular weight is 318 g/mol. The first-order valence-electron chi connectivity index (χ1n) is 6.70. The molecule has 6 heteroatoms. The Bertz CT molecular complexity index is 568. The van der Waals surface area contributed by atoms with Gasteiger partial charge >= 0.3 is 0 Å². The van der Waals surface area contributed by atoms with Gasteiger partial charge in [0.25, 0.3) is 0 Å². The molecule has 1 aromatic rings. The third kappa shape index (κ3) is 3.65. The van der Waals surface area contributed by atoms with E-state index in [1.54, 1.807) is 19.2 Å². The van der Waals surface area contributed by atoms with Crippen LogP contribution in [0.25, 0.3) is 0 Å². The highest BCUT2D eigenvalue weighted by atomic mass is 35.5. The zero-order valence-electron chi connectivity index (χ0n) is 11.8. The van der Waals surface area contributed by atoms with Crippen molar-refractivity contribution >= 4 is 27.3 Å². The second-order valence-electron chi connectivity index (χ2n) is 5.24. The number of nitrogens with zero attached hydrogens (tertiary/aromatic N) is 1. The molecule has 0 bridgehead atoms. The van der Waals surface area contributed by atoms with Crippen LogP contribution < -0.4 is 4.31 Å². The molecule has 0 amide bonds. The van der Waals surface area contributed by atoms with Crippen LogP contribution >= 0.6 is 11.6 Å². The van der Waals surface area contributed by atoms with Crippen molar-refractivity contribution in [2.75, 3.05) is 30.3 Å². The van der Waals surface area contributed by atoms with Crippen molar-refractivity contribution in [3.8, 4) is 0 Å². The van der Waals surface area contributed by atoms with Crippen molar-refractivity contribution in [2.24, 2.45) is 5.92 Å². The predicted octanol–water partition coefficient (Wildman–Crippen LogP) is 2.84. The number of rotatable bonds is 4. The number of hydrogen-bond donors (Lipinski definition) is 0. The van der Waals surface area contributed by atoms with Crippen LogP contribution in [-0.2, 0) is 14.8 Å². The quantitative estimate of drug-likeness (QED) is 0.858. The van der Waals surface area contributed by atoms with Gasteiger partial charge in [-0.2, -0.15) is 0 Å². The summed E-state index contributed by atoms with van der Waals surface area (Å²) in [6, 6.07) is 5.30. The molecule has 112 valence electrons. The van der Waals surface area contributed by atoms with Crippen LogP contribution in [0, 0.1) is 12.8 Å². The van der Waals surface area contributed by atoms with Gasteiger partial charge in [-0.25, -0.2) is 8.42 Å². The van der Waals surface area contributed by atoms with Crippen molar-refractivity contribution in [3.63, 3.8) is 0 Å². The van der Waals surface area contributed by atoms with Crippen LogP contribution in [0.5, 0.6) is 0 Å². The van der Waals surface area contributed by atoms with Crippen LogP contribution in [0.3, 0.4) is 0 Å². The monoisotopic (exact) mass is 317 g/mol. The third-order valence-corrected chi connectivity index (χ3v) is 6.07. The van der Waals surface area contributed by atoms with E-state index in [4.69, 9.17) is 16.3 Å². The summed E-state index contributed by atoms with van der Waals surface area (Å²) < 4.78 is 31.5. The van der Waals surface area contributed by atoms with Gasteiger partial charge in [0.2, 0.25) is 10.0 Å². The van der Waals surface area contributed by atoms with E-state index < -0.39 is 10.0 Å². The maximum atomic E-state index is 12.4. The molecule has 1 fully saturated rings. The fraction of sp³-hybridized carbons (Fsp3) is 0.571. The molecule has 0 radical (unpaired) electrons. The number of aryl methyl sites for hydroxylation is 1. The molecule has 0 N–H and O–H groups in total. The molecule has 1 aromatic carbocycles. The second-order valence-corrected chi connectivity index (χ2v) is 7.69. The van der Waals surface area contributed by atoms with E-state index in [0.717, 1.165) is 18.4 Å². The van der Waals surface area contributed by atoms with Crippen molar-refractivity contribution in [3.05, 3.63) is 28.8 Å². The third-order valence-electron chi connectivity index (χ3n) is 3.72. The summed E-state index contributed by atoms with van der Waals surface area (Å²) in [5.74, 6) is 0.343. The second kappa shape index (κ2) is 6.33. The number of anilines is 1. The first-order chi connectivity index (χ1) is 9.40. The Morgan fingerprint density at radius 1 is 1.35 bits per heavy atom. The highest BCUT2D eigenvalue weighted by Crippen LogP contribution is 2.26. The summed E-state index contributed by atoms with van der Waals surface area (Å²) in [6.45, 7) is 3.20. The van der Waals surface area contributed by atoms with Crippen LogP contribution in [0.15, 0.2) is 18.2 Å². The molecule has 1 aliphatic rings. The summed E-state index contributed by atoms with van der Waals surface area (Å²) >= 11 is 6.06. The highest BCUT2D eigenvalue weighted by Gasteiger charge is 2.25. The van der Waals surface area contributed by atoms with Gasteiger partial charge in [0.15, 0.2) is 0 Å². The molecule has 20 heavy (non-hydrogen) atoms. The van der Waals surface area contributed by atoms with Gasteiger partial charge < -0.3 is 4.74 Å². The van der Waals surface area contributed by atoms with E-state index in [1.165, 1.54) is 4.31 Å². The standard InChI is InChI=1S/C14H20ClNO3S/c1-11-3-4-13(9-14(11)15)16(2)20(17,18)10-12-5-7-19-8-6-12/h3-4,9,12H,5-8,10H2,1-2H3. The van der Waals surface area contributed by atoms with Crippen LogP contribution in [0.2, 0.25) is 5.02 Å². The average Bonchev–Trinajstić information content (AvgIpc) is 2.41. The SMILES string of the molecule is Cc1ccc(N(C)S(=O)(=O)CC2CCOCC2)cc1Cl. The number of sulfonamides is 1. The summed E-state index contributed by atoms with van der Waals surface area (Å²) in [4.78, 5) is 0. The van der Waals surface area contributed by atoms with Crippen molar-refractivity contribution in [1.82, 2.24) is 0 Å². The molecule has 1 heterocycles. The molecule has 0 saturated carbocycles. The topological polar surface area (TPSA) is 46.6 Å². The lowest BCUT2D eigenvalue weighted by Crippen LogP contribution is -2.34. The molecule has 4 nitrogen and oxygen atoms in total. The molecule has 2 rings (SSSR count). The normalized spacial score (nSPS) is 17.1. The minimum absolute atomic E-state index is 0.165. The largest absolute Gasteiger partial charge is 0.381 e. The molecular weight excluding hydrogens is 298 g/mol. The van der Waals surface area contributed by atoms with E-state index in [1.807, 2.05) is 13.0 Å². The summed E-state index contributed by atoms with van der Waals surface area (Å²) in [5, 5.41) is 0.579. The van der Waals surface area contributed by atoms with E-state index in [0.29, 0.717) is 23.9 Å². The van der Waals surface area contributed by atoms with Gasteiger partial charge in [0.05, 0.1) is 11.4 Å². The van der Waals surface area contributed by atoms with Crippen molar-refractivity contribution < 1.29 is 13.2 Å². The zero-order valence-corrected chi connectivity index (χ0v) is 13.4. The number of benzene rings is 1. The van der Waals surface area contributed by atoms with Gasteiger partial charge in [-0.05, 0) is 43.4 Å². The van der Waals surface area contributed by atoms with Crippen molar-refractivity contribution in [2.45, 2.75) is 19.8 Å². The minimum Gasteiger partial charge on any atom is -0.381 e. The molecule has 0 unspecified atom stereocenters. The van der Waals surface area contributed by atoms with Gasteiger partial charge in [-0.15, -0.1) is 0 Å². The molecule has 0 atom stereocenters. The summed E-state index contributed by atoms with van der Waals surface area (Å²) in [7, 11) is -1.74. The Kier molecular flexibility index (Phi) is 4.94. The summed E-state index contributed by atoms with van der Waals surface area (Å²) in [6.07, 6.45) is 1.61. The van der Waals surface area contributed by atoms with E-state index in [-0.39, 0.29) is 11.7 Å². The first-order valence-corrected chi connectivity index (χ1v) is 8.69. The fourth-order valence-corrected chi connectivity index (χ4v) is 4.02. The maximum Gasteiger partial charge on any atom is 0.235 e. The van der Waals surface area contributed by atoms with E-state index in [2.05, 4.69) is 0 Å². The molecule has 1 saturated heterocycles. The molecule has 1 aliphatic heterocycles. The Hall–Kier alpha value is -0.780. The van der Waals surface area contributed by atoms with Crippen molar-refractivity contribution in [1.29, 1.82) is 0 Å². The van der Waals surface area contributed by atoms with Gasteiger partial charge in [-0.1, -0.05) is 17.7 Å². The van der Waals surface area contributed by atoms with Gasteiger partial charge in [0.1, 0.15) is 0 Å². The first kappa shape index (κ1) is 15.6. The molecular formula is C14H20ClNO3S. The van der Waals surface area contributed by atoms with Gasteiger partial charge in [-0.3, -0.25) is 4.31 Å². The molecule has 0 spiro atoms. The Morgan fingerprint density at radius 3 is 2.60 bits per heavy atom. The van der Waals surface area contributed by atoms with E-state index in [9.17, 15) is 8.42 Å². The minimum atomic E-state index is -3.32. The Morgan fingerprint density at radius 2 is 2.00 bits per heavy atom. The number of halogens is 1. The smallest absolute Gasteiger partial charge is 0.235 e. The van der Waals surface area contributed by atoms with Crippen LogP contribution in [0.4, 0.5) is 5.69 Å².